The number of carbonyl (C=O) groups excluding carboxylic acids is 2. The second-order valence-electron chi connectivity index (χ2n) is 10.7. The molecule has 0 aliphatic heterocycles. The van der Waals surface area contributed by atoms with E-state index in [1.54, 1.807) is 0 Å². The number of nitrogens with zero attached hydrogens (tertiary/aromatic N) is 1. The van der Waals surface area contributed by atoms with Crippen LogP contribution in [0.2, 0.25) is 0 Å². The van der Waals surface area contributed by atoms with Crippen LogP contribution >= 0.6 is 0 Å². The van der Waals surface area contributed by atoms with E-state index < -0.39 is 6.16 Å². The third kappa shape index (κ3) is 26.6. The number of ether oxygens (including phenoxy) is 5. The molecule has 0 saturated heterocycles. The summed E-state index contributed by atoms with van der Waals surface area (Å²) in [5, 5.41) is 0. The van der Waals surface area contributed by atoms with Crippen molar-refractivity contribution in [3.8, 4) is 0 Å². The summed E-state index contributed by atoms with van der Waals surface area (Å²) >= 11 is 0. The maximum Gasteiger partial charge on any atom is 0.508 e. The van der Waals surface area contributed by atoms with Gasteiger partial charge < -0.3 is 28.6 Å². The SMILES string of the molecule is CCCCCCCCOC(CCC(=O)OCCC(CC)OC(=O)OCCCN(C)C)OCCCCCCCC. The van der Waals surface area contributed by atoms with Gasteiger partial charge >= 0.3 is 12.1 Å². The minimum absolute atomic E-state index is 0.202. The van der Waals surface area contributed by atoms with Gasteiger partial charge in [-0.15, -0.1) is 0 Å². The van der Waals surface area contributed by atoms with Gasteiger partial charge in [0.15, 0.2) is 6.29 Å². The molecular formula is C31H61NO7. The molecule has 0 saturated carbocycles. The Morgan fingerprint density at radius 2 is 1.21 bits per heavy atom. The molecule has 1 atom stereocenters. The van der Waals surface area contributed by atoms with Crippen molar-refractivity contribution < 1.29 is 33.3 Å². The summed E-state index contributed by atoms with van der Waals surface area (Å²) in [5.74, 6) is -0.285. The molecule has 0 amide bonds. The van der Waals surface area contributed by atoms with Crippen molar-refractivity contribution in [1.82, 2.24) is 4.90 Å². The zero-order valence-electron chi connectivity index (χ0n) is 26.0. The average molecular weight is 560 g/mol. The van der Waals surface area contributed by atoms with E-state index in [0.717, 1.165) is 38.6 Å². The Kier molecular flexibility index (Phi) is 27.2. The number of esters is 1. The van der Waals surface area contributed by atoms with Crippen LogP contribution in [0.3, 0.4) is 0 Å². The second kappa shape index (κ2) is 28.2. The van der Waals surface area contributed by atoms with Crippen molar-refractivity contribution in [1.29, 1.82) is 0 Å². The zero-order chi connectivity index (χ0) is 29.0. The van der Waals surface area contributed by atoms with Crippen molar-refractivity contribution in [2.45, 2.75) is 142 Å². The Bertz CT molecular complexity index is 541. The highest BCUT2D eigenvalue weighted by Crippen LogP contribution is 2.12. The highest BCUT2D eigenvalue weighted by molar-refractivity contribution is 5.69. The van der Waals surface area contributed by atoms with Crippen LogP contribution in [0, 0.1) is 0 Å². The van der Waals surface area contributed by atoms with E-state index >= 15 is 0 Å². The topological polar surface area (TPSA) is 83.5 Å². The van der Waals surface area contributed by atoms with Crippen molar-refractivity contribution >= 4 is 12.1 Å². The van der Waals surface area contributed by atoms with Gasteiger partial charge in [-0.1, -0.05) is 85.0 Å². The van der Waals surface area contributed by atoms with Crippen molar-refractivity contribution in [2.75, 3.05) is 47.1 Å². The summed E-state index contributed by atoms with van der Waals surface area (Å²) in [4.78, 5) is 26.3. The van der Waals surface area contributed by atoms with E-state index in [1.807, 2.05) is 25.9 Å². The second-order valence-corrected chi connectivity index (χ2v) is 10.7. The molecule has 0 aliphatic rings. The van der Waals surface area contributed by atoms with Crippen molar-refractivity contribution in [3.05, 3.63) is 0 Å². The third-order valence-corrected chi connectivity index (χ3v) is 6.58. The van der Waals surface area contributed by atoms with Gasteiger partial charge in [0.25, 0.3) is 0 Å². The highest BCUT2D eigenvalue weighted by Gasteiger charge is 2.17. The van der Waals surface area contributed by atoms with Crippen LogP contribution in [0.25, 0.3) is 0 Å². The van der Waals surface area contributed by atoms with Gasteiger partial charge in [-0.05, 0) is 39.8 Å². The van der Waals surface area contributed by atoms with Gasteiger partial charge in [-0.25, -0.2) is 4.79 Å². The molecule has 0 aliphatic carbocycles. The molecule has 0 N–H and O–H groups in total. The fourth-order valence-corrected chi connectivity index (χ4v) is 4.07. The molecule has 0 radical (unpaired) electrons. The molecule has 0 aromatic heterocycles. The monoisotopic (exact) mass is 559 g/mol. The van der Waals surface area contributed by atoms with Crippen LogP contribution in [0.5, 0.6) is 0 Å². The molecule has 0 heterocycles. The van der Waals surface area contributed by atoms with Crippen LogP contribution in [0.1, 0.15) is 130 Å². The first-order chi connectivity index (χ1) is 18.9. The van der Waals surface area contributed by atoms with E-state index in [2.05, 4.69) is 13.8 Å². The van der Waals surface area contributed by atoms with Gasteiger partial charge in [0.2, 0.25) is 0 Å². The maximum atomic E-state index is 12.4. The average Bonchev–Trinajstić information content (AvgIpc) is 2.91. The van der Waals surface area contributed by atoms with Gasteiger partial charge in [-0.2, -0.15) is 0 Å². The smallest absolute Gasteiger partial charge is 0.466 e. The van der Waals surface area contributed by atoms with E-state index in [9.17, 15) is 9.59 Å². The van der Waals surface area contributed by atoms with E-state index in [-0.39, 0.29) is 31.4 Å². The number of hydrogen-bond acceptors (Lipinski definition) is 8. The van der Waals surface area contributed by atoms with Gasteiger partial charge in [-0.3, -0.25) is 4.79 Å². The first-order valence-electron chi connectivity index (χ1n) is 15.8. The minimum atomic E-state index is -0.667. The Morgan fingerprint density at radius 3 is 1.74 bits per heavy atom. The van der Waals surface area contributed by atoms with E-state index in [4.69, 9.17) is 23.7 Å². The highest BCUT2D eigenvalue weighted by atomic mass is 16.7. The molecule has 0 bridgehead atoms. The lowest BCUT2D eigenvalue weighted by Gasteiger charge is -2.19. The van der Waals surface area contributed by atoms with Crippen LogP contribution in [-0.4, -0.2) is 76.5 Å². The van der Waals surface area contributed by atoms with Crippen LogP contribution in [-0.2, 0) is 28.5 Å². The number of unbranched alkanes of at least 4 members (excludes halogenated alkanes) is 10. The Labute approximate surface area is 239 Å². The van der Waals surface area contributed by atoms with Gasteiger partial charge in [0, 0.05) is 32.6 Å². The number of carbonyl (C=O) groups is 2. The lowest BCUT2D eigenvalue weighted by Crippen LogP contribution is -2.23. The molecule has 8 nitrogen and oxygen atoms in total. The van der Waals surface area contributed by atoms with Crippen LogP contribution in [0.15, 0.2) is 0 Å². The first kappa shape index (κ1) is 37.6. The number of rotatable bonds is 28. The fourth-order valence-electron chi connectivity index (χ4n) is 4.07. The Hall–Kier alpha value is -1.38. The van der Waals surface area contributed by atoms with E-state index in [0.29, 0.717) is 39.1 Å². The Morgan fingerprint density at radius 1 is 0.641 bits per heavy atom. The zero-order valence-corrected chi connectivity index (χ0v) is 26.0. The van der Waals surface area contributed by atoms with Crippen LogP contribution < -0.4 is 0 Å². The third-order valence-electron chi connectivity index (χ3n) is 6.58. The van der Waals surface area contributed by atoms with Crippen molar-refractivity contribution in [2.24, 2.45) is 0 Å². The predicted octanol–water partition coefficient (Wildman–Crippen LogP) is 7.66. The Balaban J connectivity index is 4.26. The summed E-state index contributed by atoms with van der Waals surface area (Å²) in [6, 6.07) is 0. The van der Waals surface area contributed by atoms with Crippen molar-refractivity contribution in [3.63, 3.8) is 0 Å². The van der Waals surface area contributed by atoms with Crippen LogP contribution in [0.4, 0.5) is 4.79 Å². The summed E-state index contributed by atoms with van der Waals surface area (Å²) in [5.41, 5.74) is 0. The predicted molar refractivity (Wildman–Crippen MR) is 157 cm³/mol. The summed E-state index contributed by atoms with van der Waals surface area (Å²) < 4.78 is 27.9. The molecule has 39 heavy (non-hydrogen) atoms. The molecule has 1 unspecified atom stereocenters. The molecule has 0 aromatic carbocycles. The molecule has 0 spiro atoms. The van der Waals surface area contributed by atoms with Gasteiger partial charge in [0.05, 0.1) is 19.6 Å². The van der Waals surface area contributed by atoms with Gasteiger partial charge in [0.1, 0.15) is 6.10 Å². The summed E-state index contributed by atoms with van der Waals surface area (Å²) in [6.45, 7) is 9.06. The standard InChI is InChI=1S/C31H61NO7/c1-6-9-11-13-15-17-24-36-30(37-25-18-16-14-12-10-7-2)21-20-29(33)35-27-22-28(8-3)39-31(34)38-26-19-23-32(4)5/h28,30H,6-27H2,1-5H3. The maximum absolute atomic E-state index is 12.4. The van der Waals surface area contributed by atoms with E-state index in [1.165, 1.54) is 51.4 Å². The largest absolute Gasteiger partial charge is 0.508 e. The lowest BCUT2D eigenvalue weighted by atomic mass is 10.1. The molecule has 0 fully saturated rings. The normalized spacial score (nSPS) is 12.2. The summed E-state index contributed by atoms with van der Waals surface area (Å²) in [6.07, 6.45) is 15.6. The molecular weight excluding hydrogens is 498 g/mol. The molecule has 0 aromatic rings. The molecule has 8 heteroatoms. The lowest BCUT2D eigenvalue weighted by molar-refractivity contribution is -0.159. The fraction of sp³-hybridized carbons (Fsp3) is 0.935. The quantitative estimate of drug-likeness (QED) is 0.0549. The first-order valence-corrected chi connectivity index (χ1v) is 15.8. The molecule has 0 rings (SSSR count). The minimum Gasteiger partial charge on any atom is -0.466 e. The number of hydrogen-bond donors (Lipinski definition) is 0. The summed E-state index contributed by atoms with van der Waals surface area (Å²) in [7, 11) is 3.94. The molecule has 232 valence electrons.